The number of morpholine rings is 1. The number of Topliss-reactive ketones (excluding diaryl/α,β-unsaturated/α-hetero) is 1. The number of ketones is 1. The molecule has 2 saturated heterocycles. The summed E-state index contributed by atoms with van der Waals surface area (Å²) in [4.78, 5) is 17.5. The van der Waals surface area contributed by atoms with Gasteiger partial charge in [-0.05, 0) is 25.9 Å². The highest BCUT2D eigenvalue weighted by molar-refractivity contribution is 5.96. The summed E-state index contributed by atoms with van der Waals surface area (Å²) in [6.07, 6.45) is 4.60. The molecule has 0 aliphatic carbocycles. The Morgan fingerprint density at radius 2 is 1.83 bits per heavy atom. The average Bonchev–Trinajstić information content (AvgIpc) is 2.62. The molecule has 2 fully saturated rings. The average molecular weight is 316 g/mol. The van der Waals surface area contributed by atoms with E-state index in [1.165, 1.54) is 32.4 Å². The van der Waals surface area contributed by atoms with Crippen LogP contribution in [0.2, 0.25) is 0 Å². The summed E-state index contributed by atoms with van der Waals surface area (Å²) < 4.78 is 5.63. The largest absolute Gasteiger partial charge is 0.378 e. The van der Waals surface area contributed by atoms with Gasteiger partial charge in [0.25, 0.3) is 0 Å². The van der Waals surface area contributed by atoms with Crippen LogP contribution in [0.5, 0.6) is 0 Å². The number of hydrogen-bond acceptors (Lipinski definition) is 4. The van der Waals surface area contributed by atoms with Crippen LogP contribution in [-0.4, -0.2) is 67.6 Å². The Hall–Kier alpha value is -1.23. The van der Waals surface area contributed by atoms with Crippen LogP contribution >= 0.6 is 0 Å². The lowest BCUT2D eigenvalue weighted by molar-refractivity contribution is -0.0125. The summed E-state index contributed by atoms with van der Waals surface area (Å²) in [5.41, 5.74) is 0.814. The molecule has 0 radical (unpaired) electrons. The van der Waals surface area contributed by atoms with Crippen molar-refractivity contribution in [3.8, 4) is 0 Å². The van der Waals surface area contributed by atoms with E-state index < -0.39 is 0 Å². The van der Waals surface area contributed by atoms with E-state index in [2.05, 4.69) is 9.80 Å². The smallest absolute Gasteiger partial charge is 0.164 e. The molecule has 3 rings (SSSR count). The fourth-order valence-electron chi connectivity index (χ4n) is 3.58. The van der Waals surface area contributed by atoms with Crippen LogP contribution in [0, 0.1) is 0 Å². The van der Waals surface area contributed by atoms with E-state index in [1.807, 2.05) is 30.3 Å². The third kappa shape index (κ3) is 4.87. The molecule has 0 bridgehead atoms. The van der Waals surface area contributed by atoms with Crippen molar-refractivity contribution in [3.05, 3.63) is 35.9 Å². The third-order valence-electron chi connectivity index (χ3n) is 5.02. The Morgan fingerprint density at radius 1 is 1.04 bits per heavy atom. The van der Waals surface area contributed by atoms with Gasteiger partial charge in [0.15, 0.2) is 5.78 Å². The first-order valence-electron chi connectivity index (χ1n) is 8.95. The number of hydrogen-bond donors (Lipinski definition) is 0. The fourth-order valence-corrected chi connectivity index (χ4v) is 3.58. The van der Waals surface area contributed by atoms with Gasteiger partial charge < -0.3 is 9.64 Å². The van der Waals surface area contributed by atoms with Crippen LogP contribution in [0.15, 0.2) is 30.3 Å². The van der Waals surface area contributed by atoms with Gasteiger partial charge in [-0.1, -0.05) is 36.8 Å². The Kier molecular flexibility index (Phi) is 6.20. The van der Waals surface area contributed by atoms with Crippen molar-refractivity contribution in [2.75, 3.05) is 45.9 Å². The van der Waals surface area contributed by atoms with Crippen molar-refractivity contribution in [3.63, 3.8) is 0 Å². The van der Waals surface area contributed by atoms with E-state index in [0.717, 1.165) is 31.8 Å². The Balaban J connectivity index is 1.52. The molecule has 4 nitrogen and oxygen atoms in total. The molecule has 23 heavy (non-hydrogen) atoms. The molecule has 0 aromatic heterocycles. The minimum atomic E-state index is 0.223. The van der Waals surface area contributed by atoms with Crippen molar-refractivity contribution in [1.82, 2.24) is 9.80 Å². The zero-order chi connectivity index (χ0) is 15.9. The topological polar surface area (TPSA) is 32.8 Å². The lowest BCUT2D eigenvalue weighted by Gasteiger charge is -2.37. The van der Waals surface area contributed by atoms with E-state index in [1.54, 1.807) is 0 Å². The maximum Gasteiger partial charge on any atom is 0.164 e. The number of benzene rings is 1. The van der Waals surface area contributed by atoms with E-state index in [9.17, 15) is 4.79 Å². The molecule has 2 aliphatic heterocycles. The lowest BCUT2D eigenvalue weighted by atomic mass is 10.0. The Labute approximate surface area is 139 Å². The predicted octanol–water partition coefficient (Wildman–Crippen LogP) is 2.45. The summed E-state index contributed by atoms with van der Waals surface area (Å²) in [6.45, 7) is 7.05. The van der Waals surface area contributed by atoms with Crippen LogP contribution in [0.1, 0.15) is 36.0 Å². The number of carbonyl (C=O) groups excluding carboxylic acids is 1. The summed E-state index contributed by atoms with van der Waals surface area (Å²) in [7, 11) is 0. The molecule has 1 aromatic carbocycles. The van der Waals surface area contributed by atoms with Crippen molar-refractivity contribution in [1.29, 1.82) is 0 Å². The van der Waals surface area contributed by atoms with E-state index in [-0.39, 0.29) is 11.8 Å². The summed E-state index contributed by atoms with van der Waals surface area (Å²) in [5.74, 6) is 0.226. The van der Waals surface area contributed by atoms with Crippen molar-refractivity contribution >= 4 is 5.78 Å². The summed E-state index contributed by atoms with van der Waals surface area (Å²) in [6, 6.07) is 9.85. The fraction of sp³-hybridized carbons (Fsp3) is 0.632. The second-order valence-electron chi connectivity index (χ2n) is 6.66. The Morgan fingerprint density at radius 3 is 2.61 bits per heavy atom. The second-order valence-corrected chi connectivity index (χ2v) is 6.66. The zero-order valence-corrected chi connectivity index (χ0v) is 14.0. The molecule has 0 unspecified atom stereocenters. The van der Waals surface area contributed by atoms with Crippen LogP contribution in [-0.2, 0) is 4.74 Å². The van der Waals surface area contributed by atoms with Gasteiger partial charge in [-0.3, -0.25) is 9.69 Å². The number of ether oxygens (including phenoxy) is 1. The monoisotopic (exact) mass is 316 g/mol. The number of likely N-dealkylation sites (tertiary alicyclic amines) is 1. The van der Waals surface area contributed by atoms with Gasteiger partial charge in [-0.25, -0.2) is 0 Å². The number of nitrogens with zero attached hydrogens (tertiary/aromatic N) is 2. The maximum atomic E-state index is 12.5. The van der Waals surface area contributed by atoms with E-state index in [4.69, 9.17) is 4.74 Å². The zero-order valence-electron chi connectivity index (χ0n) is 14.0. The predicted molar refractivity (Wildman–Crippen MR) is 91.9 cm³/mol. The van der Waals surface area contributed by atoms with E-state index >= 15 is 0 Å². The molecule has 0 N–H and O–H groups in total. The van der Waals surface area contributed by atoms with Crippen molar-refractivity contribution < 1.29 is 9.53 Å². The van der Waals surface area contributed by atoms with Gasteiger partial charge in [0.05, 0.1) is 13.2 Å². The number of carbonyl (C=O) groups is 1. The standard InChI is InChI=1S/C19H28N2O2/c22-19(17-7-3-1-4-8-17)15-18-16-23-14-13-21(18)12-11-20-9-5-2-6-10-20/h1,3-4,7-8,18H,2,5-6,9-16H2/t18-/m0/s1. The third-order valence-corrected chi connectivity index (χ3v) is 5.02. The molecule has 0 spiro atoms. The van der Waals surface area contributed by atoms with Gasteiger partial charge in [0, 0.05) is 37.7 Å². The van der Waals surface area contributed by atoms with Crippen LogP contribution in [0.4, 0.5) is 0 Å². The lowest BCUT2D eigenvalue weighted by Crippen LogP contribution is -2.49. The number of piperidine rings is 1. The van der Waals surface area contributed by atoms with Gasteiger partial charge in [-0.15, -0.1) is 0 Å². The summed E-state index contributed by atoms with van der Waals surface area (Å²) >= 11 is 0. The molecular weight excluding hydrogens is 288 g/mol. The highest BCUT2D eigenvalue weighted by atomic mass is 16.5. The SMILES string of the molecule is O=C(C[C@H]1COCCN1CCN1CCCCC1)c1ccccc1. The summed E-state index contributed by atoms with van der Waals surface area (Å²) in [5, 5.41) is 0. The minimum absolute atomic E-state index is 0.223. The van der Waals surface area contributed by atoms with Crippen molar-refractivity contribution in [2.24, 2.45) is 0 Å². The molecule has 1 aromatic rings. The Bertz CT molecular complexity index is 485. The van der Waals surface area contributed by atoms with Gasteiger partial charge in [0.2, 0.25) is 0 Å². The molecule has 126 valence electrons. The molecule has 0 amide bonds. The van der Waals surface area contributed by atoms with Crippen LogP contribution in [0.3, 0.4) is 0 Å². The molecule has 2 aliphatic rings. The molecule has 0 saturated carbocycles. The van der Waals surface area contributed by atoms with Gasteiger partial charge >= 0.3 is 0 Å². The molecule has 4 heteroatoms. The normalized spacial score (nSPS) is 23.7. The first-order valence-corrected chi connectivity index (χ1v) is 8.95. The van der Waals surface area contributed by atoms with E-state index in [0.29, 0.717) is 13.0 Å². The first kappa shape index (κ1) is 16.6. The maximum absolute atomic E-state index is 12.5. The molecule has 2 heterocycles. The van der Waals surface area contributed by atoms with Gasteiger partial charge in [0.1, 0.15) is 0 Å². The molecular formula is C19H28N2O2. The highest BCUT2D eigenvalue weighted by Gasteiger charge is 2.26. The van der Waals surface area contributed by atoms with Gasteiger partial charge in [-0.2, -0.15) is 0 Å². The minimum Gasteiger partial charge on any atom is -0.378 e. The number of rotatable bonds is 6. The second kappa shape index (κ2) is 8.57. The quantitative estimate of drug-likeness (QED) is 0.755. The first-order chi connectivity index (χ1) is 11.3. The van der Waals surface area contributed by atoms with Crippen LogP contribution < -0.4 is 0 Å². The highest BCUT2D eigenvalue weighted by Crippen LogP contribution is 2.15. The molecule has 1 atom stereocenters. The van der Waals surface area contributed by atoms with Crippen molar-refractivity contribution in [2.45, 2.75) is 31.7 Å². The van der Waals surface area contributed by atoms with Crippen LogP contribution in [0.25, 0.3) is 0 Å².